The van der Waals surface area contributed by atoms with E-state index in [1.54, 1.807) is 6.92 Å². The maximum absolute atomic E-state index is 10.7. The molecule has 1 aliphatic rings. The molecule has 0 aromatic carbocycles. The number of likely N-dealkylation sites (tertiary alicyclic amines) is 1. The lowest BCUT2D eigenvalue weighted by Crippen LogP contribution is -2.52. The molecule has 0 radical (unpaired) electrons. The summed E-state index contributed by atoms with van der Waals surface area (Å²) < 4.78 is 0. The van der Waals surface area contributed by atoms with Gasteiger partial charge in [0.2, 0.25) is 5.91 Å². The topological polar surface area (TPSA) is 32.3 Å². The van der Waals surface area contributed by atoms with Crippen molar-refractivity contribution in [1.82, 2.24) is 10.2 Å². The van der Waals surface area contributed by atoms with E-state index in [9.17, 15) is 4.79 Å². The van der Waals surface area contributed by atoms with E-state index < -0.39 is 0 Å². The van der Waals surface area contributed by atoms with Gasteiger partial charge in [0, 0.05) is 32.5 Å². The molecule has 1 fully saturated rings. The molecule has 1 N–H and O–H groups in total. The van der Waals surface area contributed by atoms with Gasteiger partial charge in [0.25, 0.3) is 0 Å². The predicted octanol–water partition coefficient (Wildman–Crippen LogP) is 0.710. The highest BCUT2D eigenvalue weighted by Crippen LogP contribution is 2.13. The van der Waals surface area contributed by atoms with Gasteiger partial charge in [0.15, 0.2) is 0 Å². The quantitative estimate of drug-likeness (QED) is 0.665. The molecule has 1 rings (SSSR count). The number of hydrogen-bond donors (Lipinski definition) is 1. The van der Waals surface area contributed by atoms with Crippen LogP contribution in [-0.2, 0) is 4.79 Å². The van der Waals surface area contributed by atoms with Crippen LogP contribution in [0.1, 0.15) is 20.8 Å². The highest BCUT2D eigenvalue weighted by Gasteiger charge is 2.27. The Morgan fingerprint density at radius 2 is 2.00 bits per heavy atom. The molecule has 1 aliphatic heterocycles. The number of nitrogens with zero attached hydrogens (tertiary/aromatic N) is 1. The first-order valence-corrected chi connectivity index (χ1v) is 4.64. The number of nitrogens with one attached hydrogen (secondary N) is 1. The molecule has 0 atom stereocenters. The van der Waals surface area contributed by atoms with Gasteiger partial charge < -0.3 is 10.2 Å². The van der Waals surface area contributed by atoms with Crippen molar-refractivity contribution in [2.45, 2.75) is 20.8 Å². The molecule has 1 amide bonds. The summed E-state index contributed by atoms with van der Waals surface area (Å²) >= 11 is 0. The Bertz CT molecular complexity index is 130. The van der Waals surface area contributed by atoms with Crippen LogP contribution in [0.15, 0.2) is 0 Å². The van der Waals surface area contributed by atoms with Crippen molar-refractivity contribution in [2.75, 3.05) is 26.7 Å². The minimum Gasteiger partial charge on any atom is -0.342 e. The normalized spacial score (nSPS) is 16.2. The molecular weight excluding hydrogens is 152 g/mol. The van der Waals surface area contributed by atoms with Gasteiger partial charge in [0.1, 0.15) is 0 Å². The number of amides is 1. The Balaban J connectivity index is 0.000000561. The smallest absolute Gasteiger partial charge is 0.219 e. The minimum atomic E-state index is 0.201. The molecule has 0 saturated carbocycles. The van der Waals surface area contributed by atoms with Gasteiger partial charge in [-0.05, 0) is 7.05 Å². The average Bonchev–Trinajstić information content (AvgIpc) is 1.99. The predicted molar refractivity (Wildman–Crippen MR) is 51.0 cm³/mol. The summed E-state index contributed by atoms with van der Waals surface area (Å²) in [5, 5.41) is 3.09. The third kappa shape index (κ3) is 3.22. The number of carbonyl (C=O) groups excluding carboxylic acids is 1. The average molecular weight is 172 g/mol. The molecule has 3 nitrogen and oxygen atoms in total. The molecule has 0 aromatic rings. The minimum absolute atomic E-state index is 0.201. The van der Waals surface area contributed by atoms with Gasteiger partial charge in [-0.25, -0.2) is 0 Å². The van der Waals surface area contributed by atoms with Gasteiger partial charge in [-0.2, -0.15) is 0 Å². The maximum Gasteiger partial charge on any atom is 0.219 e. The zero-order chi connectivity index (χ0) is 9.56. The van der Waals surface area contributed by atoms with Crippen molar-refractivity contribution in [2.24, 2.45) is 5.92 Å². The van der Waals surface area contributed by atoms with Crippen LogP contribution in [0, 0.1) is 5.92 Å². The largest absolute Gasteiger partial charge is 0.342 e. The first kappa shape index (κ1) is 11.4. The van der Waals surface area contributed by atoms with E-state index in [0.717, 1.165) is 19.6 Å². The molecule has 0 aromatic heterocycles. The van der Waals surface area contributed by atoms with Crippen molar-refractivity contribution >= 4 is 5.91 Å². The Hall–Kier alpha value is -0.570. The molecule has 1 heterocycles. The fraction of sp³-hybridized carbons (Fsp3) is 0.889. The number of hydrogen-bond acceptors (Lipinski definition) is 2. The SMILES string of the molecule is CC.CNCC1CN(C(C)=O)C1. The molecule has 72 valence electrons. The fourth-order valence-corrected chi connectivity index (χ4v) is 1.24. The summed E-state index contributed by atoms with van der Waals surface area (Å²) in [6.45, 7) is 8.53. The summed E-state index contributed by atoms with van der Waals surface area (Å²) in [7, 11) is 1.94. The third-order valence-corrected chi connectivity index (χ3v) is 1.90. The van der Waals surface area contributed by atoms with E-state index in [1.165, 1.54) is 0 Å². The maximum atomic E-state index is 10.7. The zero-order valence-electron chi connectivity index (χ0n) is 8.55. The van der Waals surface area contributed by atoms with Gasteiger partial charge in [0.05, 0.1) is 0 Å². The second kappa shape index (κ2) is 6.00. The first-order valence-electron chi connectivity index (χ1n) is 4.64. The van der Waals surface area contributed by atoms with Crippen LogP contribution in [0.3, 0.4) is 0 Å². The Labute approximate surface area is 75.1 Å². The zero-order valence-corrected chi connectivity index (χ0v) is 8.55. The summed E-state index contributed by atoms with van der Waals surface area (Å²) in [5.41, 5.74) is 0. The summed E-state index contributed by atoms with van der Waals surface area (Å²) in [5.74, 6) is 0.890. The van der Waals surface area contributed by atoms with E-state index >= 15 is 0 Å². The lowest BCUT2D eigenvalue weighted by molar-refractivity contribution is -0.134. The summed E-state index contributed by atoms with van der Waals surface area (Å²) in [4.78, 5) is 12.5. The van der Waals surface area contributed by atoms with E-state index in [0.29, 0.717) is 5.92 Å². The highest BCUT2D eigenvalue weighted by atomic mass is 16.2. The van der Waals surface area contributed by atoms with Crippen LogP contribution in [0.5, 0.6) is 0 Å². The summed E-state index contributed by atoms with van der Waals surface area (Å²) in [6.07, 6.45) is 0. The van der Waals surface area contributed by atoms with Gasteiger partial charge in [-0.15, -0.1) is 0 Å². The third-order valence-electron chi connectivity index (χ3n) is 1.90. The molecular formula is C9H20N2O. The van der Waals surface area contributed by atoms with E-state index in [1.807, 2.05) is 25.8 Å². The fourth-order valence-electron chi connectivity index (χ4n) is 1.24. The van der Waals surface area contributed by atoms with Gasteiger partial charge >= 0.3 is 0 Å². The number of rotatable bonds is 2. The second-order valence-corrected chi connectivity index (χ2v) is 2.85. The lowest BCUT2D eigenvalue weighted by atomic mass is 10.0. The Morgan fingerprint density at radius 3 is 2.33 bits per heavy atom. The van der Waals surface area contributed by atoms with Crippen molar-refractivity contribution < 1.29 is 4.79 Å². The second-order valence-electron chi connectivity index (χ2n) is 2.85. The molecule has 12 heavy (non-hydrogen) atoms. The molecule has 1 saturated heterocycles. The van der Waals surface area contributed by atoms with E-state index in [2.05, 4.69) is 5.32 Å². The van der Waals surface area contributed by atoms with Crippen LogP contribution in [-0.4, -0.2) is 37.5 Å². The van der Waals surface area contributed by atoms with Crippen LogP contribution >= 0.6 is 0 Å². The highest BCUT2D eigenvalue weighted by molar-refractivity contribution is 5.74. The molecule has 0 bridgehead atoms. The van der Waals surface area contributed by atoms with Crippen molar-refractivity contribution in [3.8, 4) is 0 Å². The van der Waals surface area contributed by atoms with Crippen molar-refractivity contribution in [1.29, 1.82) is 0 Å². The van der Waals surface area contributed by atoms with E-state index in [-0.39, 0.29) is 5.91 Å². The molecule has 0 unspecified atom stereocenters. The van der Waals surface area contributed by atoms with Crippen molar-refractivity contribution in [3.63, 3.8) is 0 Å². The monoisotopic (exact) mass is 172 g/mol. The van der Waals surface area contributed by atoms with E-state index in [4.69, 9.17) is 0 Å². The first-order chi connectivity index (χ1) is 5.74. The standard InChI is InChI=1S/C7H14N2O.C2H6/c1-6(10)9-4-7(5-9)3-8-2;1-2/h7-8H,3-5H2,1-2H3;1-2H3. The Kier molecular flexibility index (Phi) is 5.72. The van der Waals surface area contributed by atoms with Crippen LogP contribution in [0.25, 0.3) is 0 Å². The van der Waals surface area contributed by atoms with Crippen LogP contribution in [0.2, 0.25) is 0 Å². The van der Waals surface area contributed by atoms with Crippen LogP contribution < -0.4 is 5.32 Å². The van der Waals surface area contributed by atoms with Gasteiger partial charge in [-0.1, -0.05) is 13.8 Å². The molecule has 0 aliphatic carbocycles. The van der Waals surface area contributed by atoms with Gasteiger partial charge in [-0.3, -0.25) is 4.79 Å². The summed E-state index contributed by atoms with van der Waals surface area (Å²) in [6, 6.07) is 0. The Morgan fingerprint density at radius 1 is 1.50 bits per heavy atom. The van der Waals surface area contributed by atoms with Crippen LogP contribution in [0.4, 0.5) is 0 Å². The lowest BCUT2D eigenvalue weighted by Gasteiger charge is -2.38. The molecule has 3 heteroatoms. The molecule has 0 spiro atoms. The number of carbonyl (C=O) groups is 1. The van der Waals surface area contributed by atoms with Crippen molar-refractivity contribution in [3.05, 3.63) is 0 Å².